The molecule has 134 valence electrons. The maximum absolute atomic E-state index is 13.8. The van der Waals surface area contributed by atoms with Crippen LogP contribution in [0.2, 0.25) is 0 Å². The molecule has 0 atom stereocenters. The Balaban J connectivity index is 1.88. The van der Waals surface area contributed by atoms with Crippen LogP contribution in [-0.4, -0.2) is 27.8 Å². The van der Waals surface area contributed by atoms with E-state index in [9.17, 15) is 4.39 Å². The molecule has 0 saturated heterocycles. The maximum atomic E-state index is 13.8. The number of hydrogen-bond acceptors (Lipinski definition) is 7. The summed E-state index contributed by atoms with van der Waals surface area (Å²) in [4.78, 5) is 9.32. The number of benzene rings is 1. The van der Waals surface area contributed by atoms with Gasteiger partial charge in [0, 0.05) is 17.8 Å². The molecule has 2 aromatic rings. The maximum Gasteiger partial charge on any atom is 0.165 e. The van der Waals surface area contributed by atoms with Gasteiger partial charge in [-0.05, 0) is 37.1 Å². The van der Waals surface area contributed by atoms with Crippen LogP contribution in [0.15, 0.2) is 35.0 Å². The Hall–Kier alpha value is -2.74. The lowest BCUT2D eigenvalue weighted by Crippen LogP contribution is -2.05. The van der Waals surface area contributed by atoms with Crippen molar-refractivity contribution in [1.82, 2.24) is 9.97 Å². The largest absolute Gasteiger partial charge is 0.494 e. The van der Waals surface area contributed by atoms with Gasteiger partial charge in [0.1, 0.15) is 17.2 Å². The quantitative estimate of drug-likeness (QED) is 0.687. The molecule has 8 heteroatoms. The predicted octanol–water partition coefficient (Wildman–Crippen LogP) is 4.13. The van der Waals surface area contributed by atoms with Crippen molar-refractivity contribution >= 4 is 33.9 Å². The van der Waals surface area contributed by atoms with Crippen LogP contribution >= 0.6 is 11.8 Å². The lowest BCUT2D eigenvalue weighted by Gasteiger charge is -2.10. The Morgan fingerprint density at radius 2 is 2.08 bits per heavy atom. The van der Waals surface area contributed by atoms with Crippen LogP contribution in [0.5, 0.6) is 5.75 Å². The topological polar surface area (TPSA) is 94.7 Å². The molecule has 2 heterocycles. The van der Waals surface area contributed by atoms with E-state index in [4.69, 9.17) is 15.6 Å². The summed E-state index contributed by atoms with van der Waals surface area (Å²) in [5, 5.41) is 19.6. The Kier molecular flexibility index (Phi) is 5.03. The summed E-state index contributed by atoms with van der Waals surface area (Å²) in [6.45, 7) is 3.88. The zero-order chi connectivity index (χ0) is 18.8. The van der Waals surface area contributed by atoms with Gasteiger partial charge >= 0.3 is 0 Å². The number of hydrogen-bond donors (Lipinski definition) is 3. The highest BCUT2D eigenvalue weighted by Gasteiger charge is 2.29. The number of halogens is 1. The molecule has 0 fully saturated rings. The van der Waals surface area contributed by atoms with Crippen molar-refractivity contribution in [3.63, 3.8) is 0 Å². The molecule has 0 unspecified atom stereocenters. The number of thioether (sulfide) groups is 1. The molecule has 1 aliphatic heterocycles. The summed E-state index contributed by atoms with van der Waals surface area (Å²) >= 11 is 1.26. The zero-order valence-corrected chi connectivity index (χ0v) is 15.4. The van der Waals surface area contributed by atoms with E-state index in [1.807, 2.05) is 6.92 Å². The fourth-order valence-electron chi connectivity index (χ4n) is 2.58. The number of nitrogens with one attached hydrogen (secondary N) is 3. The van der Waals surface area contributed by atoms with E-state index in [2.05, 4.69) is 15.3 Å². The monoisotopic (exact) mass is 371 g/mol. The Labute approximate surface area is 154 Å². The van der Waals surface area contributed by atoms with Gasteiger partial charge in [-0.15, -0.1) is 0 Å². The standard InChI is InChI=1S/C18H18FN5OS/c1-9(10(2)20)14-15-16(26-17(14)21)18(24-8-23-15)22-7-11-4-5-13(25-3)12(19)6-11/h4-6,8,20-21H,7H2,1-3H3,(H,22,23,24)/b14-9-,20-10?,21-17?. The first-order valence-electron chi connectivity index (χ1n) is 7.87. The van der Waals surface area contributed by atoms with Gasteiger partial charge in [0.05, 0.1) is 17.7 Å². The first-order chi connectivity index (χ1) is 12.4. The van der Waals surface area contributed by atoms with Gasteiger partial charge in [0.15, 0.2) is 11.6 Å². The van der Waals surface area contributed by atoms with Gasteiger partial charge in [-0.3, -0.25) is 5.41 Å². The third-order valence-electron chi connectivity index (χ3n) is 4.09. The molecule has 0 amide bonds. The Morgan fingerprint density at radius 1 is 1.31 bits per heavy atom. The van der Waals surface area contributed by atoms with E-state index in [1.165, 1.54) is 31.3 Å². The fourth-order valence-corrected chi connectivity index (χ4v) is 3.61. The number of anilines is 1. The second-order valence-electron chi connectivity index (χ2n) is 5.78. The lowest BCUT2D eigenvalue weighted by molar-refractivity contribution is 0.386. The van der Waals surface area contributed by atoms with Crippen molar-refractivity contribution < 1.29 is 9.13 Å². The fraction of sp³-hybridized carbons (Fsp3) is 0.222. The van der Waals surface area contributed by atoms with Crippen LogP contribution in [0.1, 0.15) is 25.1 Å². The van der Waals surface area contributed by atoms with E-state index in [0.29, 0.717) is 34.4 Å². The Morgan fingerprint density at radius 3 is 2.73 bits per heavy atom. The first-order valence-corrected chi connectivity index (χ1v) is 8.68. The number of fused-ring (bicyclic) bond motifs is 1. The molecule has 0 spiro atoms. The molecule has 1 aromatic carbocycles. The van der Waals surface area contributed by atoms with E-state index < -0.39 is 5.82 Å². The van der Waals surface area contributed by atoms with Crippen LogP contribution < -0.4 is 10.1 Å². The molecule has 3 rings (SSSR count). The van der Waals surface area contributed by atoms with Crippen molar-refractivity contribution in [3.05, 3.63) is 47.2 Å². The minimum atomic E-state index is -0.418. The van der Waals surface area contributed by atoms with Crippen molar-refractivity contribution in [2.24, 2.45) is 0 Å². The number of allylic oxidation sites excluding steroid dienone is 1. The highest BCUT2D eigenvalue weighted by atomic mass is 32.2. The van der Waals surface area contributed by atoms with Gasteiger partial charge in [0.2, 0.25) is 0 Å². The van der Waals surface area contributed by atoms with E-state index in [-0.39, 0.29) is 5.75 Å². The first kappa shape index (κ1) is 18.1. The summed E-state index contributed by atoms with van der Waals surface area (Å²) in [6, 6.07) is 4.77. The van der Waals surface area contributed by atoms with Crippen LogP contribution in [0.3, 0.4) is 0 Å². The van der Waals surface area contributed by atoms with E-state index in [0.717, 1.165) is 16.0 Å². The number of methoxy groups -OCH3 is 1. The van der Waals surface area contributed by atoms with Crippen molar-refractivity contribution in [2.75, 3.05) is 12.4 Å². The smallest absolute Gasteiger partial charge is 0.165 e. The second kappa shape index (κ2) is 7.25. The van der Waals surface area contributed by atoms with E-state index >= 15 is 0 Å². The number of nitrogens with zero attached hydrogens (tertiary/aromatic N) is 2. The normalized spacial score (nSPS) is 14.8. The molecule has 0 saturated carbocycles. The van der Waals surface area contributed by atoms with Gasteiger partial charge < -0.3 is 15.5 Å². The second-order valence-corrected chi connectivity index (χ2v) is 6.80. The molecule has 0 bridgehead atoms. The Bertz CT molecular complexity index is 941. The van der Waals surface area contributed by atoms with Gasteiger partial charge in [0.25, 0.3) is 0 Å². The molecule has 1 aliphatic rings. The number of aromatic nitrogens is 2. The minimum absolute atomic E-state index is 0.202. The van der Waals surface area contributed by atoms with Crippen molar-refractivity contribution in [1.29, 1.82) is 10.8 Å². The molecular formula is C18H18FN5OS. The molecular weight excluding hydrogens is 353 g/mol. The predicted molar refractivity (Wildman–Crippen MR) is 102 cm³/mol. The summed E-state index contributed by atoms with van der Waals surface area (Å²) in [6.07, 6.45) is 1.43. The summed E-state index contributed by atoms with van der Waals surface area (Å²) in [5.41, 5.74) is 3.19. The third kappa shape index (κ3) is 3.32. The van der Waals surface area contributed by atoms with Crippen molar-refractivity contribution in [2.45, 2.75) is 25.3 Å². The highest BCUT2D eigenvalue weighted by molar-refractivity contribution is 8.15. The molecule has 6 nitrogen and oxygen atoms in total. The highest BCUT2D eigenvalue weighted by Crippen LogP contribution is 2.44. The number of ether oxygens (including phenoxy) is 1. The summed E-state index contributed by atoms with van der Waals surface area (Å²) < 4.78 is 18.7. The molecule has 26 heavy (non-hydrogen) atoms. The van der Waals surface area contributed by atoms with Crippen LogP contribution in [0.4, 0.5) is 10.2 Å². The molecule has 0 aliphatic carbocycles. The van der Waals surface area contributed by atoms with Gasteiger partial charge in [-0.1, -0.05) is 17.8 Å². The number of rotatable bonds is 5. The molecule has 0 radical (unpaired) electrons. The SMILES string of the molecule is COc1ccc(CNc2ncnc3c2SC(=N)/C3=C(/C)C(C)=N)cc1F. The summed E-state index contributed by atoms with van der Waals surface area (Å²) in [7, 11) is 1.43. The van der Waals surface area contributed by atoms with Crippen molar-refractivity contribution in [3.8, 4) is 5.75 Å². The zero-order valence-electron chi connectivity index (χ0n) is 14.6. The van der Waals surface area contributed by atoms with Gasteiger partial charge in [-0.25, -0.2) is 14.4 Å². The molecule has 3 N–H and O–H groups in total. The van der Waals surface area contributed by atoms with Gasteiger partial charge in [-0.2, -0.15) is 0 Å². The average Bonchev–Trinajstić information content (AvgIpc) is 2.95. The minimum Gasteiger partial charge on any atom is -0.494 e. The summed E-state index contributed by atoms with van der Waals surface area (Å²) in [5.74, 6) is 0.373. The average molecular weight is 371 g/mol. The van der Waals surface area contributed by atoms with E-state index in [1.54, 1.807) is 19.1 Å². The molecule has 1 aromatic heterocycles. The van der Waals surface area contributed by atoms with Crippen LogP contribution in [-0.2, 0) is 6.54 Å². The van der Waals surface area contributed by atoms with Crippen LogP contribution in [0.25, 0.3) is 5.57 Å². The van der Waals surface area contributed by atoms with Crippen LogP contribution in [0, 0.1) is 16.6 Å². The lowest BCUT2D eigenvalue weighted by atomic mass is 10.0. The third-order valence-corrected chi connectivity index (χ3v) is 5.08.